The van der Waals surface area contributed by atoms with Crippen molar-refractivity contribution in [3.63, 3.8) is 0 Å². The molecule has 1 aromatic heterocycles. The largest absolute Gasteiger partial charge is 0.449 e. The molecular weight excluding hydrogens is 380 g/mol. The topological polar surface area (TPSA) is 78.3 Å². The van der Waals surface area contributed by atoms with Crippen molar-refractivity contribution < 1.29 is 14.3 Å². The van der Waals surface area contributed by atoms with Gasteiger partial charge in [-0.2, -0.15) is 9.78 Å². The van der Waals surface area contributed by atoms with Crippen molar-refractivity contribution in [2.24, 2.45) is 0 Å². The van der Waals surface area contributed by atoms with Gasteiger partial charge in [0.2, 0.25) is 5.78 Å². The van der Waals surface area contributed by atoms with Gasteiger partial charge >= 0.3 is 5.97 Å². The summed E-state index contributed by atoms with van der Waals surface area (Å²) in [5.74, 6) is -1.09. The number of carbonyl (C=O) groups is 2. The summed E-state index contributed by atoms with van der Waals surface area (Å²) in [5, 5.41) is 4.99. The molecule has 0 spiro atoms. The highest BCUT2D eigenvalue weighted by Gasteiger charge is 2.24. The van der Waals surface area contributed by atoms with Crippen LogP contribution in [0.15, 0.2) is 89.7 Å². The van der Waals surface area contributed by atoms with E-state index in [2.05, 4.69) is 5.10 Å². The number of aromatic nitrogens is 2. The third-order valence-electron chi connectivity index (χ3n) is 4.71. The predicted octanol–water partition coefficient (Wildman–Crippen LogP) is 3.81. The Kier molecular flexibility index (Phi) is 5.22. The van der Waals surface area contributed by atoms with Crippen LogP contribution in [0.4, 0.5) is 0 Å². The molecule has 1 atom stereocenters. The van der Waals surface area contributed by atoms with Crippen LogP contribution in [0.5, 0.6) is 0 Å². The Balaban J connectivity index is 1.74. The summed E-state index contributed by atoms with van der Waals surface area (Å²) in [5.41, 5.74) is 0.601. The molecule has 0 amide bonds. The number of para-hydroxylation sites is 1. The first-order chi connectivity index (χ1) is 14.6. The van der Waals surface area contributed by atoms with Crippen LogP contribution in [0.2, 0.25) is 0 Å². The predicted molar refractivity (Wildman–Crippen MR) is 113 cm³/mol. The fourth-order valence-electron chi connectivity index (χ4n) is 3.19. The van der Waals surface area contributed by atoms with Crippen molar-refractivity contribution in [3.8, 4) is 5.69 Å². The standard InChI is InChI=1S/C24H18N2O4/c1-16(22(27)17-10-4-2-5-11-17)30-24(29)21-19-14-8-9-15-20(19)23(28)26(25-21)18-12-6-3-7-13-18/h2-16H,1H3/t16-/m1/s1. The van der Waals surface area contributed by atoms with Crippen LogP contribution in [0, 0.1) is 0 Å². The maximum absolute atomic E-state index is 12.9. The van der Waals surface area contributed by atoms with E-state index in [1.165, 1.54) is 11.6 Å². The summed E-state index contributed by atoms with van der Waals surface area (Å²) >= 11 is 0. The van der Waals surface area contributed by atoms with Crippen molar-refractivity contribution in [1.82, 2.24) is 9.78 Å². The summed E-state index contributed by atoms with van der Waals surface area (Å²) in [6.45, 7) is 1.52. The maximum Gasteiger partial charge on any atom is 0.360 e. The first kappa shape index (κ1) is 19.3. The van der Waals surface area contributed by atoms with E-state index < -0.39 is 12.1 Å². The van der Waals surface area contributed by atoms with Gasteiger partial charge in [0, 0.05) is 10.9 Å². The zero-order chi connectivity index (χ0) is 21.1. The average molecular weight is 398 g/mol. The van der Waals surface area contributed by atoms with Crippen molar-refractivity contribution in [2.75, 3.05) is 0 Å². The molecule has 148 valence electrons. The number of hydrogen-bond acceptors (Lipinski definition) is 5. The fourth-order valence-corrected chi connectivity index (χ4v) is 3.19. The number of Topliss-reactive ketones (excluding diaryl/α,β-unsaturated/α-hetero) is 1. The highest BCUT2D eigenvalue weighted by atomic mass is 16.5. The molecule has 0 aliphatic heterocycles. The van der Waals surface area contributed by atoms with Gasteiger partial charge in [-0.05, 0) is 25.1 Å². The Morgan fingerprint density at radius 1 is 0.833 bits per heavy atom. The summed E-state index contributed by atoms with van der Waals surface area (Å²) in [7, 11) is 0. The highest BCUT2D eigenvalue weighted by Crippen LogP contribution is 2.17. The third-order valence-corrected chi connectivity index (χ3v) is 4.71. The molecule has 0 saturated carbocycles. The molecule has 0 fully saturated rings. The number of esters is 1. The monoisotopic (exact) mass is 398 g/mol. The van der Waals surface area contributed by atoms with Gasteiger partial charge in [-0.3, -0.25) is 9.59 Å². The highest BCUT2D eigenvalue weighted by molar-refractivity contribution is 6.05. The Hall–Kier alpha value is -4.06. The van der Waals surface area contributed by atoms with Crippen molar-refractivity contribution >= 4 is 22.5 Å². The minimum atomic E-state index is -1.00. The quantitative estimate of drug-likeness (QED) is 0.377. The van der Waals surface area contributed by atoms with Gasteiger partial charge in [-0.15, -0.1) is 0 Å². The van der Waals surface area contributed by atoms with Crippen LogP contribution in [0.3, 0.4) is 0 Å². The Morgan fingerprint density at radius 2 is 1.40 bits per heavy atom. The molecule has 3 aromatic carbocycles. The lowest BCUT2D eigenvalue weighted by atomic mass is 10.1. The van der Waals surface area contributed by atoms with Gasteiger partial charge < -0.3 is 4.74 Å². The van der Waals surface area contributed by atoms with Gasteiger partial charge in [0.25, 0.3) is 5.56 Å². The normalized spacial score (nSPS) is 11.8. The number of fused-ring (bicyclic) bond motifs is 1. The minimum Gasteiger partial charge on any atom is -0.449 e. The number of rotatable bonds is 5. The number of benzene rings is 3. The maximum atomic E-state index is 12.9. The lowest BCUT2D eigenvalue weighted by Gasteiger charge is -2.14. The number of ketones is 1. The van der Waals surface area contributed by atoms with E-state index >= 15 is 0 Å². The summed E-state index contributed by atoms with van der Waals surface area (Å²) in [6, 6.07) is 24.1. The molecule has 0 aliphatic carbocycles. The minimum absolute atomic E-state index is 0.0261. The lowest BCUT2D eigenvalue weighted by Crippen LogP contribution is -2.28. The van der Waals surface area contributed by atoms with E-state index in [9.17, 15) is 14.4 Å². The molecule has 6 heteroatoms. The second-order valence-electron chi connectivity index (χ2n) is 6.72. The second-order valence-corrected chi connectivity index (χ2v) is 6.72. The molecule has 4 aromatic rings. The molecular formula is C24H18N2O4. The Morgan fingerprint density at radius 3 is 2.07 bits per heavy atom. The van der Waals surface area contributed by atoms with E-state index in [4.69, 9.17) is 4.74 Å². The van der Waals surface area contributed by atoms with Crippen LogP contribution < -0.4 is 5.56 Å². The second kappa shape index (κ2) is 8.13. The van der Waals surface area contributed by atoms with Gasteiger partial charge in [0.1, 0.15) is 0 Å². The average Bonchev–Trinajstić information content (AvgIpc) is 2.80. The van der Waals surface area contributed by atoms with Crippen LogP contribution in [0.1, 0.15) is 27.8 Å². The number of nitrogens with zero attached hydrogens (tertiary/aromatic N) is 2. The van der Waals surface area contributed by atoms with Gasteiger partial charge in [0.15, 0.2) is 11.8 Å². The van der Waals surface area contributed by atoms with E-state index in [0.717, 1.165) is 0 Å². The van der Waals surface area contributed by atoms with Gasteiger partial charge in [-0.25, -0.2) is 4.79 Å². The fraction of sp³-hybridized carbons (Fsp3) is 0.0833. The molecule has 1 heterocycles. The Bertz CT molecular complexity index is 1280. The molecule has 0 aliphatic rings. The van der Waals surface area contributed by atoms with Crippen LogP contribution >= 0.6 is 0 Å². The zero-order valence-electron chi connectivity index (χ0n) is 16.2. The molecule has 6 nitrogen and oxygen atoms in total. The van der Waals surface area contributed by atoms with E-state index in [1.54, 1.807) is 78.9 Å². The van der Waals surface area contributed by atoms with Crippen molar-refractivity contribution in [2.45, 2.75) is 13.0 Å². The third kappa shape index (κ3) is 3.63. The van der Waals surface area contributed by atoms with Gasteiger partial charge in [0.05, 0.1) is 11.1 Å². The van der Waals surface area contributed by atoms with Gasteiger partial charge in [-0.1, -0.05) is 66.7 Å². The van der Waals surface area contributed by atoms with E-state index in [1.807, 2.05) is 6.07 Å². The number of ether oxygens (including phenoxy) is 1. The zero-order valence-corrected chi connectivity index (χ0v) is 16.2. The first-order valence-electron chi connectivity index (χ1n) is 9.44. The summed E-state index contributed by atoms with van der Waals surface area (Å²) < 4.78 is 6.59. The Labute approximate surface area is 172 Å². The lowest BCUT2D eigenvalue weighted by molar-refractivity contribution is 0.0313. The molecule has 0 saturated heterocycles. The summed E-state index contributed by atoms with van der Waals surface area (Å²) in [6.07, 6.45) is -1.00. The molecule has 0 N–H and O–H groups in total. The first-order valence-corrected chi connectivity index (χ1v) is 9.44. The molecule has 30 heavy (non-hydrogen) atoms. The molecule has 0 bridgehead atoms. The van der Waals surface area contributed by atoms with Crippen molar-refractivity contribution in [1.29, 1.82) is 0 Å². The van der Waals surface area contributed by atoms with Crippen molar-refractivity contribution in [3.05, 3.63) is 107 Å². The number of carbonyl (C=O) groups excluding carboxylic acids is 2. The van der Waals surface area contributed by atoms with Crippen LogP contribution in [-0.2, 0) is 4.74 Å². The molecule has 4 rings (SSSR count). The molecule has 0 radical (unpaired) electrons. The number of hydrogen-bond donors (Lipinski definition) is 0. The van der Waals surface area contributed by atoms with Crippen LogP contribution in [0.25, 0.3) is 16.5 Å². The summed E-state index contributed by atoms with van der Waals surface area (Å²) in [4.78, 5) is 38.4. The van der Waals surface area contributed by atoms with Crippen LogP contribution in [-0.4, -0.2) is 27.6 Å². The van der Waals surface area contributed by atoms with E-state index in [-0.39, 0.29) is 17.0 Å². The van der Waals surface area contributed by atoms with E-state index in [0.29, 0.717) is 22.0 Å². The SMILES string of the molecule is C[C@@H](OC(=O)c1nn(-c2ccccc2)c(=O)c2ccccc12)C(=O)c1ccccc1. The smallest absolute Gasteiger partial charge is 0.360 e. The molecule has 0 unspecified atom stereocenters.